The van der Waals surface area contributed by atoms with E-state index in [2.05, 4.69) is 10.3 Å². The predicted molar refractivity (Wildman–Crippen MR) is 59.6 cm³/mol. The maximum atomic E-state index is 11.6. The number of pyridine rings is 1. The summed E-state index contributed by atoms with van der Waals surface area (Å²) in [6.45, 7) is 2.54. The first-order chi connectivity index (χ1) is 7.83. The maximum absolute atomic E-state index is 11.6. The molecule has 1 heterocycles. The summed E-state index contributed by atoms with van der Waals surface area (Å²) in [5, 5.41) is 20.4. The molecule has 0 bridgehead atoms. The molecule has 1 atom stereocenters. The Hall–Kier alpha value is -1.95. The second-order valence-electron chi connectivity index (χ2n) is 4.01. The number of amides is 1. The first-order valence-corrected chi connectivity index (χ1v) is 4.98. The standard InChI is InChI=1S/C11H14N2O4/c1-7-3-8(5-12-4-7)9(14)13-6-11(2,17)10(15)16/h3-5,17H,6H2,1-2H3,(H,13,14)(H,15,16). The van der Waals surface area contributed by atoms with Gasteiger partial charge in [0.15, 0.2) is 5.60 Å². The average molecular weight is 238 g/mol. The van der Waals surface area contributed by atoms with Crippen LogP contribution in [0.25, 0.3) is 0 Å². The summed E-state index contributed by atoms with van der Waals surface area (Å²) in [6, 6.07) is 1.62. The Labute approximate surface area is 98.3 Å². The number of hydrogen-bond acceptors (Lipinski definition) is 4. The van der Waals surface area contributed by atoms with Gasteiger partial charge in [-0.2, -0.15) is 0 Å². The number of carboxylic acids is 1. The third-order valence-corrected chi connectivity index (χ3v) is 2.19. The van der Waals surface area contributed by atoms with Crippen LogP contribution in [0.15, 0.2) is 18.5 Å². The molecular formula is C11H14N2O4. The molecule has 1 rings (SSSR count). The fourth-order valence-electron chi connectivity index (χ4n) is 1.11. The molecule has 92 valence electrons. The Morgan fingerprint density at radius 1 is 1.47 bits per heavy atom. The lowest BCUT2D eigenvalue weighted by Gasteiger charge is -2.18. The number of nitrogens with zero attached hydrogens (tertiary/aromatic N) is 1. The summed E-state index contributed by atoms with van der Waals surface area (Å²) in [5.41, 5.74) is -0.832. The smallest absolute Gasteiger partial charge is 0.337 e. The van der Waals surface area contributed by atoms with E-state index in [1.165, 1.54) is 6.20 Å². The molecule has 0 saturated heterocycles. The van der Waals surface area contributed by atoms with Crippen molar-refractivity contribution in [1.29, 1.82) is 0 Å². The molecule has 0 spiro atoms. The molecule has 1 aromatic heterocycles. The molecule has 3 N–H and O–H groups in total. The molecule has 0 aliphatic heterocycles. The molecule has 1 amide bonds. The zero-order chi connectivity index (χ0) is 13.1. The lowest BCUT2D eigenvalue weighted by atomic mass is 10.1. The molecule has 6 nitrogen and oxygen atoms in total. The Morgan fingerprint density at radius 2 is 2.12 bits per heavy atom. The van der Waals surface area contributed by atoms with Gasteiger partial charge < -0.3 is 15.5 Å². The van der Waals surface area contributed by atoms with Gasteiger partial charge in [-0.25, -0.2) is 4.79 Å². The predicted octanol–water partition coefficient (Wildman–Crippen LogP) is -0.0446. The SMILES string of the molecule is Cc1cncc(C(=O)NCC(C)(O)C(=O)O)c1. The number of rotatable bonds is 4. The van der Waals surface area contributed by atoms with Crippen LogP contribution < -0.4 is 5.32 Å². The van der Waals surface area contributed by atoms with Gasteiger partial charge in [0.05, 0.1) is 12.1 Å². The van der Waals surface area contributed by atoms with Crippen molar-refractivity contribution in [3.05, 3.63) is 29.6 Å². The van der Waals surface area contributed by atoms with Crippen molar-refractivity contribution in [2.75, 3.05) is 6.54 Å². The number of carboxylic acid groups (broad SMARTS) is 1. The van der Waals surface area contributed by atoms with Gasteiger partial charge in [-0.3, -0.25) is 9.78 Å². The van der Waals surface area contributed by atoms with Crippen molar-refractivity contribution < 1.29 is 19.8 Å². The van der Waals surface area contributed by atoms with Gasteiger partial charge in [0.2, 0.25) is 0 Å². The van der Waals surface area contributed by atoms with Crippen LogP contribution >= 0.6 is 0 Å². The van der Waals surface area contributed by atoms with Crippen LogP contribution in [0.5, 0.6) is 0 Å². The van der Waals surface area contributed by atoms with E-state index in [9.17, 15) is 14.7 Å². The summed E-state index contributed by atoms with van der Waals surface area (Å²) in [5.74, 6) is -1.86. The van der Waals surface area contributed by atoms with Gasteiger partial charge in [-0.1, -0.05) is 0 Å². The highest BCUT2D eigenvalue weighted by atomic mass is 16.4. The van der Waals surface area contributed by atoms with E-state index in [0.29, 0.717) is 5.56 Å². The third-order valence-electron chi connectivity index (χ3n) is 2.19. The molecule has 0 saturated carbocycles. The Bertz CT molecular complexity index is 443. The number of hydrogen-bond donors (Lipinski definition) is 3. The van der Waals surface area contributed by atoms with Crippen molar-refractivity contribution in [3.8, 4) is 0 Å². The van der Waals surface area contributed by atoms with Crippen molar-refractivity contribution in [2.45, 2.75) is 19.4 Å². The van der Waals surface area contributed by atoms with E-state index in [4.69, 9.17) is 5.11 Å². The summed E-state index contributed by atoms with van der Waals surface area (Å²) in [6.07, 6.45) is 2.97. The van der Waals surface area contributed by atoms with Crippen LogP contribution in [-0.2, 0) is 4.79 Å². The summed E-state index contributed by atoms with van der Waals surface area (Å²) < 4.78 is 0. The largest absolute Gasteiger partial charge is 0.479 e. The van der Waals surface area contributed by atoms with Crippen LogP contribution in [0, 0.1) is 6.92 Å². The number of aryl methyl sites for hydroxylation is 1. The van der Waals surface area contributed by atoms with E-state index >= 15 is 0 Å². The van der Waals surface area contributed by atoms with Gasteiger partial charge in [0, 0.05) is 12.4 Å². The van der Waals surface area contributed by atoms with E-state index < -0.39 is 17.5 Å². The average Bonchev–Trinajstić information content (AvgIpc) is 2.25. The van der Waals surface area contributed by atoms with Crippen molar-refractivity contribution >= 4 is 11.9 Å². The van der Waals surface area contributed by atoms with Crippen LogP contribution in [0.4, 0.5) is 0 Å². The van der Waals surface area contributed by atoms with Crippen LogP contribution in [0.2, 0.25) is 0 Å². The van der Waals surface area contributed by atoms with Crippen LogP contribution in [-0.4, -0.2) is 39.2 Å². The fraction of sp³-hybridized carbons (Fsp3) is 0.364. The second kappa shape index (κ2) is 4.92. The number of carbonyl (C=O) groups excluding carboxylic acids is 1. The molecule has 17 heavy (non-hydrogen) atoms. The molecule has 1 aromatic rings. The molecule has 0 aromatic carbocycles. The maximum Gasteiger partial charge on any atom is 0.337 e. The van der Waals surface area contributed by atoms with E-state index in [1.54, 1.807) is 19.2 Å². The molecule has 0 aliphatic carbocycles. The monoisotopic (exact) mass is 238 g/mol. The Kier molecular flexibility index (Phi) is 3.80. The van der Waals surface area contributed by atoms with Crippen molar-refractivity contribution in [3.63, 3.8) is 0 Å². The number of nitrogens with one attached hydrogen (secondary N) is 1. The lowest BCUT2D eigenvalue weighted by molar-refractivity contribution is -0.155. The molecule has 1 unspecified atom stereocenters. The first kappa shape index (κ1) is 13.1. The van der Waals surface area contributed by atoms with E-state index in [-0.39, 0.29) is 6.54 Å². The lowest BCUT2D eigenvalue weighted by Crippen LogP contribution is -2.46. The van der Waals surface area contributed by atoms with Gasteiger partial charge in [-0.05, 0) is 25.5 Å². The fourth-order valence-corrected chi connectivity index (χ4v) is 1.11. The summed E-state index contributed by atoms with van der Waals surface area (Å²) >= 11 is 0. The van der Waals surface area contributed by atoms with Crippen molar-refractivity contribution in [1.82, 2.24) is 10.3 Å². The minimum Gasteiger partial charge on any atom is -0.479 e. The molecule has 0 radical (unpaired) electrons. The Balaban J connectivity index is 2.65. The van der Waals surface area contributed by atoms with Crippen LogP contribution in [0.1, 0.15) is 22.8 Å². The molecule has 0 aliphatic rings. The quantitative estimate of drug-likeness (QED) is 0.683. The van der Waals surface area contributed by atoms with Gasteiger partial charge in [0.25, 0.3) is 5.91 Å². The highest BCUT2D eigenvalue weighted by Crippen LogP contribution is 2.04. The number of aliphatic hydroxyl groups is 1. The number of aromatic nitrogens is 1. The van der Waals surface area contributed by atoms with E-state index in [1.807, 2.05) is 0 Å². The summed E-state index contributed by atoms with van der Waals surface area (Å²) in [7, 11) is 0. The molecule has 0 fully saturated rings. The van der Waals surface area contributed by atoms with Crippen molar-refractivity contribution in [2.24, 2.45) is 0 Å². The Morgan fingerprint density at radius 3 is 2.65 bits per heavy atom. The first-order valence-electron chi connectivity index (χ1n) is 4.98. The minimum absolute atomic E-state index is 0.325. The van der Waals surface area contributed by atoms with Crippen LogP contribution in [0.3, 0.4) is 0 Å². The molecule has 6 heteroatoms. The number of carbonyl (C=O) groups is 2. The molecular weight excluding hydrogens is 224 g/mol. The second-order valence-corrected chi connectivity index (χ2v) is 4.01. The van der Waals surface area contributed by atoms with Gasteiger partial charge in [0.1, 0.15) is 0 Å². The highest BCUT2D eigenvalue weighted by molar-refractivity contribution is 5.94. The van der Waals surface area contributed by atoms with Gasteiger partial charge in [-0.15, -0.1) is 0 Å². The highest BCUT2D eigenvalue weighted by Gasteiger charge is 2.30. The topological polar surface area (TPSA) is 99.5 Å². The summed E-state index contributed by atoms with van der Waals surface area (Å²) in [4.78, 5) is 26.1. The van der Waals surface area contributed by atoms with Gasteiger partial charge >= 0.3 is 5.97 Å². The third kappa shape index (κ3) is 3.53. The zero-order valence-electron chi connectivity index (χ0n) is 9.60. The number of aliphatic carboxylic acids is 1. The zero-order valence-corrected chi connectivity index (χ0v) is 9.60. The van der Waals surface area contributed by atoms with E-state index in [0.717, 1.165) is 12.5 Å². The normalized spacial score (nSPS) is 13.8. The minimum atomic E-state index is -1.98.